The molecule has 1 amide bonds. The molecular weight excluding hydrogens is 372 g/mol. The first-order valence-corrected chi connectivity index (χ1v) is 9.59. The Morgan fingerprint density at radius 3 is 2.29 bits per heavy atom. The van der Waals surface area contributed by atoms with Gasteiger partial charge < -0.3 is 15.2 Å². The van der Waals surface area contributed by atoms with Crippen molar-refractivity contribution in [1.82, 2.24) is 10.1 Å². The fourth-order valence-electron chi connectivity index (χ4n) is 2.54. The fraction of sp³-hybridized carbons (Fsp3) is 0.0952. The summed E-state index contributed by atoms with van der Waals surface area (Å²) in [5.41, 5.74) is 4.82. The molecule has 2 N–H and O–H groups in total. The van der Waals surface area contributed by atoms with Gasteiger partial charge in [-0.15, -0.1) is 11.3 Å². The molecule has 2 aromatic carbocycles. The number of hydrogen-bond acceptors (Lipinski definition) is 6. The quantitative estimate of drug-likeness (QED) is 0.476. The van der Waals surface area contributed by atoms with E-state index >= 15 is 0 Å². The van der Waals surface area contributed by atoms with Crippen molar-refractivity contribution in [2.24, 2.45) is 0 Å². The van der Waals surface area contributed by atoms with Gasteiger partial charge in [0.1, 0.15) is 5.69 Å². The lowest BCUT2D eigenvalue weighted by Gasteiger charge is -2.02. The van der Waals surface area contributed by atoms with Crippen molar-refractivity contribution >= 4 is 33.8 Å². The third-order valence-electron chi connectivity index (χ3n) is 4.11. The summed E-state index contributed by atoms with van der Waals surface area (Å²) in [6.07, 6.45) is 0. The minimum Gasteiger partial charge on any atom is -0.354 e. The largest absolute Gasteiger partial charge is 0.354 e. The third kappa shape index (κ3) is 4.10. The van der Waals surface area contributed by atoms with E-state index in [1.54, 1.807) is 6.07 Å². The van der Waals surface area contributed by atoms with Crippen LogP contribution in [-0.2, 0) is 0 Å². The minimum absolute atomic E-state index is 0.205. The molecule has 0 radical (unpaired) electrons. The van der Waals surface area contributed by atoms with Crippen LogP contribution in [0.5, 0.6) is 0 Å². The van der Waals surface area contributed by atoms with Crippen molar-refractivity contribution < 1.29 is 9.32 Å². The summed E-state index contributed by atoms with van der Waals surface area (Å²) in [5.74, 6) is 0.120. The topological polar surface area (TPSA) is 80.0 Å². The highest BCUT2D eigenvalue weighted by molar-refractivity contribution is 7.14. The Morgan fingerprint density at radius 1 is 0.964 bits per heavy atom. The van der Waals surface area contributed by atoms with Gasteiger partial charge in [0, 0.05) is 22.8 Å². The molecule has 6 nitrogen and oxygen atoms in total. The van der Waals surface area contributed by atoms with E-state index in [0.29, 0.717) is 17.1 Å². The van der Waals surface area contributed by atoms with Gasteiger partial charge in [0.25, 0.3) is 5.91 Å². The Bertz CT molecular complexity index is 1100. The first-order chi connectivity index (χ1) is 13.6. The number of nitrogens with one attached hydrogen (secondary N) is 2. The molecule has 2 aromatic heterocycles. The number of thiazole rings is 1. The number of aromatic nitrogens is 2. The second-order valence-corrected chi connectivity index (χ2v) is 7.28. The van der Waals surface area contributed by atoms with Crippen LogP contribution in [0.4, 0.5) is 16.5 Å². The van der Waals surface area contributed by atoms with Gasteiger partial charge in [-0.1, -0.05) is 40.5 Å². The summed E-state index contributed by atoms with van der Waals surface area (Å²) in [6, 6.07) is 17.2. The van der Waals surface area contributed by atoms with Crippen molar-refractivity contribution in [3.05, 3.63) is 76.8 Å². The van der Waals surface area contributed by atoms with E-state index in [9.17, 15) is 4.79 Å². The van der Waals surface area contributed by atoms with Gasteiger partial charge in [0.15, 0.2) is 16.6 Å². The number of benzene rings is 2. The Kier molecular flexibility index (Phi) is 4.90. The van der Waals surface area contributed by atoms with E-state index in [0.717, 1.165) is 16.4 Å². The van der Waals surface area contributed by atoms with Gasteiger partial charge in [-0.2, -0.15) is 0 Å². The average molecular weight is 390 g/mol. The molecule has 0 aliphatic heterocycles. The van der Waals surface area contributed by atoms with Gasteiger partial charge in [0.2, 0.25) is 0 Å². The maximum Gasteiger partial charge on any atom is 0.277 e. The molecule has 140 valence electrons. The molecule has 0 unspecified atom stereocenters. The van der Waals surface area contributed by atoms with Gasteiger partial charge in [-0.25, -0.2) is 4.98 Å². The van der Waals surface area contributed by atoms with Crippen molar-refractivity contribution in [3.8, 4) is 11.5 Å². The molecule has 0 saturated heterocycles. The van der Waals surface area contributed by atoms with Crippen LogP contribution in [0, 0.1) is 13.8 Å². The molecule has 2 heterocycles. The molecule has 0 aliphatic carbocycles. The highest BCUT2D eigenvalue weighted by Gasteiger charge is 2.16. The van der Waals surface area contributed by atoms with Crippen molar-refractivity contribution in [1.29, 1.82) is 0 Å². The summed E-state index contributed by atoms with van der Waals surface area (Å²) in [4.78, 5) is 16.9. The van der Waals surface area contributed by atoms with E-state index in [2.05, 4.69) is 20.8 Å². The number of carbonyl (C=O) groups is 1. The Hall–Kier alpha value is -3.45. The predicted molar refractivity (Wildman–Crippen MR) is 111 cm³/mol. The molecular formula is C21H18N4O2S. The van der Waals surface area contributed by atoms with Gasteiger partial charge in [-0.05, 0) is 38.1 Å². The number of carbonyl (C=O) groups excluding carboxylic acids is 1. The van der Waals surface area contributed by atoms with Crippen LogP contribution in [0.3, 0.4) is 0 Å². The third-order valence-corrected chi connectivity index (χ3v) is 4.87. The molecule has 0 saturated carbocycles. The average Bonchev–Trinajstić information content (AvgIpc) is 3.35. The van der Waals surface area contributed by atoms with Crippen LogP contribution < -0.4 is 10.6 Å². The Balaban J connectivity index is 1.45. The number of rotatable bonds is 5. The standard InChI is InChI=1S/C21H18N4O2S/c1-13-3-7-15(8-4-13)22-20(26)17-11-19(27-25-17)18-12-28-21(24-18)23-16-9-5-14(2)6-10-16/h3-12H,1-2H3,(H,22,26)(H,23,24). The molecule has 4 rings (SSSR count). The van der Waals surface area contributed by atoms with Gasteiger partial charge in [-0.3, -0.25) is 4.79 Å². The first-order valence-electron chi connectivity index (χ1n) is 8.71. The smallest absolute Gasteiger partial charge is 0.277 e. The van der Waals surface area contributed by atoms with Gasteiger partial charge >= 0.3 is 0 Å². The minimum atomic E-state index is -0.327. The maximum absolute atomic E-state index is 12.4. The zero-order valence-corrected chi connectivity index (χ0v) is 16.2. The summed E-state index contributed by atoms with van der Waals surface area (Å²) in [7, 11) is 0. The Labute approximate surface area is 166 Å². The van der Waals surface area contributed by atoms with Crippen molar-refractivity contribution in [3.63, 3.8) is 0 Å². The number of amides is 1. The van der Waals surface area contributed by atoms with E-state index in [1.165, 1.54) is 16.9 Å². The summed E-state index contributed by atoms with van der Waals surface area (Å²) in [6.45, 7) is 4.03. The highest BCUT2D eigenvalue weighted by atomic mass is 32.1. The monoisotopic (exact) mass is 390 g/mol. The molecule has 0 atom stereocenters. The number of hydrogen-bond donors (Lipinski definition) is 2. The lowest BCUT2D eigenvalue weighted by Crippen LogP contribution is -2.11. The Morgan fingerprint density at radius 2 is 1.61 bits per heavy atom. The van der Waals surface area contributed by atoms with Crippen LogP contribution in [0.1, 0.15) is 21.6 Å². The fourth-order valence-corrected chi connectivity index (χ4v) is 3.26. The second-order valence-electron chi connectivity index (χ2n) is 6.43. The molecule has 28 heavy (non-hydrogen) atoms. The van der Waals surface area contributed by atoms with Crippen LogP contribution in [0.15, 0.2) is 64.5 Å². The maximum atomic E-state index is 12.4. The molecule has 0 fully saturated rings. The zero-order chi connectivity index (χ0) is 19.5. The molecule has 4 aromatic rings. The molecule has 0 aliphatic rings. The van der Waals surface area contributed by atoms with E-state index in [-0.39, 0.29) is 11.6 Å². The summed E-state index contributed by atoms with van der Waals surface area (Å²) in [5, 5.41) is 12.5. The summed E-state index contributed by atoms with van der Waals surface area (Å²) < 4.78 is 5.31. The predicted octanol–water partition coefficient (Wildman–Crippen LogP) is 5.41. The first kappa shape index (κ1) is 17.9. The second kappa shape index (κ2) is 7.66. The van der Waals surface area contributed by atoms with E-state index in [1.807, 2.05) is 67.8 Å². The van der Waals surface area contributed by atoms with Crippen molar-refractivity contribution in [2.75, 3.05) is 10.6 Å². The van der Waals surface area contributed by atoms with E-state index < -0.39 is 0 Å². The molecule has 0 bridgehead atoms. The lowest BCUT2D eigenvalue weighted by atomic mass is 10.2. The number of aryl methyl sites for hydroxylation is 2. The lowest BCUT2D eigenvalue weighted by molar-refractivity contribution is 0.101. The van der Waals surface area contributed by atoms with Crippen LogP contribution in [-0.4, -0.2) is 16.0 Å². The SMILES string of the molecule is Cc1ccc(NC(=O)c2cc(-c3csc(Nc4ccc(C)cc4)n3)on2)cc1. The number of anilines is 3. The number of nitrogens with zero attached hydrogens (tertiary/aromatic N) is 2. The van der Waals surface area contributed by atoms with Crippen molar-refractivity contribution in [2.45, 2.75) is 13.8 Å². The normalized spacial score (nSPS) is 10.6. The van der Waals surface area contributed by atoms with Crippen LogP contribution in [0.25, 0.3) is 11.5 Å². The van der Waals surface area contributed by atoms with Crippen LogP contribution in [0.2, 0.25) is 0 Å². The van der Waals surface area contributed by atoms with E-state index in [4.69, 9.17) is 4.52 Å². The molecule has 7 heteroatoms. The van der Waals surface area contributed by atoms with Crippen LogP contribution >= 0.6 is 11.3 Å². The zero-order valence-electron chi connectivity index (χ0n) is 15.4. The summed E-state index contributed by atoms with van der Waals surface area (Å²) >= 11 is 1.45. The molecule has 0 spiro atoms. The van der Waals surface area contributed by atoms with Gasteiger partial charge in [0.05, 0.1) is 0 Å². The highest BCUT2D eigenvalue weighted by Crippen LogP contribution is 2.28.